The highest BCUT2D eigenvalue weighted by molar-refractivity contribution is 9.10. The van der Waals surface area contributed by atoms with Gasteiger partial charge in [-0.05, 0) is 34.3 Å². The Balaban J connectivity index is 2.10. The highest BCUT2D eigenvalue weighted by Crippen LogP contribution is 2.47. The van der Waals surface area contributed by atoms with Crippen molar-refractivity contribution in [2.75, 3.05) is 5.75 Å². The van der Waals surface area contributed by atoms with E-state index in [-0.39, 0.29) is 11.6 Å². The molecule has 1 saturated carbocycles. The molecule has 1 N–H and O–H groups in total. The zero-order valence-electron chi connectivity index (χ0n) is 10.6. The van der Waals surface area contributed by atoms with Crippen molar-refractivity contribution in [1.82, 2.24) is 9.55 Å². The molecule has 3 rings (SSSR count). The molecule has 0 spiro atoms. The van der Waals surface area contributed by atoms with Crippen molar-refractivity contribution in [2.24, 2.45) is 5.92 Å². The van der Waals surface area contributed by atoms with Gasteiger partial charge in [-0.3, -0.25) is 4.79 Å². The molecule has 2 unspecified atom stereocenters. The fourth-order valence-electron chi connectivity index (χ4n) is 2.28. The lowest BCUT2D eigenvalue weighted by Crippen LogP contribution is -2.02. The van der Waals surface area contributed by atoms with Crippen molar-refractivity contribution >= 4 is 44.7 Å². The van der Waals surface area contributed by atoms with E-state index in [0.717, 1.165) is 11.9 Å². The molecule has 0 saturated heterocycles. The standard InChI is InChI=1S/C13H12BrFN2O2S/c1-6-2-10(6)17-11-3-7(14)8(15)4-9(11)16-13(17)20-5-12(18)19/h3-4,6,10H,2,5H2,1H3,(H,18,19). The number of halogens is 2. The number of imidazole rings is 1. The van der Waals surface area contributed by atoms with Crippen molar-refractivity contribution in [3.63, 3.8) is 0 Å². The molecule has 0 amide bonds. The molecule has 7 heteroatoms. The molecule has 1 fully saturated rings. The summed E-state index contributed by atoms with van der Waals surface area (Å²) in [7, 11) is 0. The number of carbonyl (C=O) groups is 1. The fraction of sp³-hybridized carbons (Fsp3) is 0.385. The third kappa shape index (κ3) is 2.44. The number of aromatic nitrogens is 2. The molecule has 1 aliphatic rings. The Kier molecular flexibility index (Phi) is 3.50. The van der Waals surface area contributed by atoms with Gasteiger partial charge in [0.05, 0.1) is 21.3 Å². The number of hydrogen-bond donors (Lipinski definition) is 1. The molecule has 20 heavy (non-hydrogen) atoms. The van der Waals surface area contributed by atoms with Crippen LogP contribution in [-0.4, -0.2) is 26.4 Å². The molecule has 1 aromatic carbocycles. The van der Waals surface area contributed by atoms with Gasteiger partial charge in [0.1, 0.15) is 5.82 Å². The van der Waals surface area contributed by atoms with E-state index in [1.165, 1.54) is 17.8 Å². The summed E-state index contributed by atoms with van der Waals surface area (Å²) in [5, 5.41) is 9.46. The minimum atomic E-state index is -0.884. The van der Waals surface area contributed by atoms with Crippen molar-refractivity contribution in [3.05, 3.63) is 22.4 Å². The van der Waals surface area contributed by atoms with E-state index in [1.807, 2.05) is 4.57 Å². The van der Waals surface area contributed by atoms with Crippen LogP contribution in [0.4, 0.5) is 4.39 Å². The molecule has 1 aromatic heterocycles. The van der Waals surface area contributed by atoms with E-state index in [1.54, 1.807) is 6.07 Å². The van der Waals surface area contributed by atoms with Crippen molar-refractivity contribution in [2.45, 2.75) is 24.5 Å². The van der Waals surface area contributed by atoms with Crippen LogP contribution in [0.1, 0.15) is 19.4 Å². The topological polar surface area (TPSA) is 55.1 Å². The number of carboxylic acids is 1. The van der Waals surface area contributed by atoms with Gasteiger partial charge in [0, 0.05) is 12.1 Å². The molecule has 0 aliphatic heterocycles. The van der Waals surface area contributed by atoms with Crippen molar-refractivity contribution in [3.8, 4) is 0 Å². The molecule has 2 atom stereocenters. The van der Waals surface area contributed by atoms with Gasteiger partial charge in [0.2, 0.25) is 0 Å². The predicted octanol–water partition coefficient (Wildman–Crippen LogP) is 3.70. The van der Waals surface area contributed by atoms with E-state index in [9.17, 15) is 9.18 Å². The molecule has 4 nitrogen and oxygen atoms in total. The maximum absolute atomic E-state index is 13.6. The lowest BCUT2D eigenvalue weighted by atomic mass is 10.3. The van der Waals surface area contributed by atoms with Crippen LogP contribution < -0.4 is 0 Å². The van der Waals surface area contributed by atoms with Gasteiger partial charge in [-0.15, -0.1) is 0 Å². The van der Waals surface area contributed by atoms with Crippen LogP contribution in [0.5, 0.6) is 0 Å². The number of aliphatic carboxylic acids is 1. The van der Waals surface area contributed by atoms with Crippen LogP contribution in [0.15, 0.2) is 21.8 Å². The second-order valence-electron chi connectivity index (χ2n) is 4.98. The average molecular weight is 359 g/mol. The molecular weight excluding hydrogens is 347 g/mol. The molecule has 1 heterocycles. The van der Waals surface area contributed by atoms with Crippen LogP contribution in [0.2, 0.25) is 0 Å². The van der Waals surface area contributed by atoms with E-state index < -0.39 is 5.97 Å². The van der Waals surface area contributed by atoms with Crippen LogP contribution in [0.3, 0.4) is 0 Å². The summed E-state index contributed by atoms with van der Waals surface area (Å²) in [5.74, 6) is -0.750. The van der Waals surface area contributed by atoms with Gasteiger partial charge in [-0.1, -0.05) is 18.7 Å². The van der Waals surface area contributed by atoms with E-state index in [0.29, 0.717) is 27.1 Å². The minimum absolute atomic E-state index is 0.0475. The lowest BCUT2D eigenvalue weighted by molar-refractivity contribution is -0.133. The summed E-state index contributed by atoms with van der Waals surface area (Å²) < 4.78 is 16.0. The third-order valence-corrected chi connectivity index (χ3v) is 4.97. The number of nitrogens with zero attached hydrogens (tertiary/aromatic N) is 2. The van der Waals surface area contributed by atoms with Gasteiger partial charge in [-0.2, -0.15) is 0 Å². The Hall–Kier alpha value is -1.08. The number of fused-ring (bicyclic) bond motifs is 1. The normalized spacial score (nSPS) is 21.4. The van der Waals surface area contributed by atoms with Gasteiger partial charge in [-0.25, -0.2) is 9.37 Å². The zero-order valence-corrected chi connectivity index (χ0v) is 13.0. The summed E-state index contributed by atoms with van der Waals surface area (Å²) in [6.45, 7) is 2.14. The molecule has 106 valence electrons. The summed E-state index contributed by atoms with van der Waals surface area (Å²) in [4.78, 5) is 15.1. The first-order valence-corrected chi connectivity index (χ1v) is 7.97. The highest BCUT2D eigenvalue weighted by Gasteiger charge is 2.37. The summed E-state index contributed by atoms with van der Waals surface area (Å²) in [6.07, 6.45) is 1.04. The summed E-state index contributed by atoms with van der Waals surface area (Å²) >= 11 is 4.37. The Morgan fingerprint density at radius 3 is 2.95 bits per heavy atom. The summed E-state index contributed by atoms with van der Waals surface area (Å²) in [5.41, 5.74) is 1.42. The van der Waals surface area contributed by atoms with Crippen molar-refractivity contribution < 1.29 is 14.3 Å². The minimum Gasteiger partial charge on any atom is -0.481 e. The number of hydrogen-bond acceptors (Lipinski definition) is 3. The van der Waals surface area contributed by atoms with Gasteiger partial charge in [0.15, 0.2) is 5.16 Å². The van der Waals surface area contributed by atoms with Crippen molar-refractivity contribution in [1.29, 1.82) is 0 Å². The first kappa shape index (κ1) is 13.9. The van der Waals surface area contributed by atoms with Crippen LogP contribution >= 0.6 is 27.7 Å². The van der Waals surface area contributed by atoms with Gasteiger partial charge >= 0.3 is 5.97 Å². The Bertz CT molecular complexity index is 703. The zero-order chi connectivity index (χ0) is 14.4. The van der Waals surface area contributed by atoms with Gasteiger partial charge < -0.3 is 9.67 Å². The third-order valence-electron chi connectivity index (χ3n) is 3.42. The second-order valence-corrected chi connectivity index (χ2v) is 6.78. The molecular formula is C13H12BrFN2O2S. The highest BCUT2D eigenvalue weighted by atomic mass is 79.9. The number of thioether (sulfide) groups is 1. The fourth-order valence-corrected chi connectivity index (χ4v) is 3.40. The first-order valence-electron chi connectivity index (χ1n) is 6.19. The van der Waals surface area contributed by atoms with Gasteiger partial charge in [0.25, 0.3) is 0 Å². The number of carboxylic acid groups (broad SMARTS) is 1. The molecule has 0 bridgehead atoms. The maximum atomic E-state index is 13.6. The summed E-state index contributed by atoms with van der Waals surface area (Å²) in [6, 6.07) is 3.43. The molecule has 1 aliphatic carbocycles. The van der Waals surface area contributed by atoms with E-state index in [2.05, 4.69) is 27.8 Å². The van der Waals surface area contributed by atoms with Crippen LogP contribution in [0, 0.1) is 11.7 Å². The van der Waals surface area contributed by atoms with Crippen LogP contribution in [0.25, 0.3) is 11.0 Å². The van der Waals surface area contributed by atoms with E-state index in [4.69, 9.17) is 5.11 Å². The largest absolute Gasteiger partial charge is 0.481 e. The quantitative estimate of drug-likeness (QED) is 0.846. The SMILES string of the molecule is CC1CC1n1c(SCC(=O)O)nc2cc(F)c(Br)cc21. The maximum Gasteiger partial charge on any atom is 0.313 e. The monoisotopic (exact) mass is 358 g/mol. The lowest BCUT2D eigenvalue weighted by Gasteiger charge is -2.07. The van der Waals surface area contributed by atoms with E-state index >= 15 is 0 Å². The Morgan fingerprint density at radius 2 is 2.35 bits per heavy atom. The Morgan fingerprint density at radius 1 is 1.65 bits per heavy atom. The van der Waals surface area contributed by atoms with Crippen LogP contribution in [-0.2, 0) is 4.79 Å². The first-order chi connectivity index (χ1) is 9.47. The average Bonchev–Trinajstić information content (AvgIpc) is 2.98. The second kappa shape index (κ2) is 5.04. The predicted molar refractivity (Wildman–Crippen MR) is 78.6 cm³/mol. The molecule has 0 radical (unpaired) electrons. The number of benzene rings is 1. The smallest absolute Gasteiger partial charge is 0.313 e. The Labute approximate surface area is 127 Å². The molecule has 2 aromatic rings. The number of rotatable bonds is 4.